The maximum atomic E-state index is 13.1. The van der Waals surface area contributed by atoms with Crippen molar-refractivity contribution in [2.75, 3.05) is 23.1 Å². The fraction of sp³-hybridized carbons (Fsp3) is 0.235. The fourth-order valence-electron chi connectivity index (χ4n) is 3.11. The Hall–Kier alpha value is -2.37. The van der Waals surface area contributed by atoms with Gasteiger partial charge in [0.1, 0.15) is 0 Å². The van der Waals surface area contributed by atoms with Crippen molar-refractivity contribution < 1.29 is 4.79 Å². The summed E-state index contributed by atoms with van der Waals surface area (Å²) in [7, 11) is 0. The zero-order chi connectivity index (χ0) is 14.9. The van der Waals surface area contributed by atoms with Gasteiger partial charge < -0.3 is 0 Å². The standard InChI is InChI=1S/C17H18N4O/c22-17(20-11-18-9-13-5-1-3-7-15(13)20)21-12-19-10-14-6-2-4-8-16(14)21/h1-8,18-19H,9-12H2. The van der Waals surface area contributed by atoms with E-state index in [0.29, 0.717) is 13.3 Å². The molecule has 0 spiro atoms. The molecule has 2 amide bonds. The van der Waals surface area contributed by atoms with Crippen LogP contribution in [0, 0.1) is 0 Å². The van der Waals surface area contributed by atoms with Crippen molar-refractivity contribution in [1.82, 2.24) is 10.6 Å². The smallest absolute Gasteiger partial charge is 0.295 e. The van der Waals surface area contributed by atoms with Crippen LogP contribution in [0.15, 0.2) is 48.5 Å². The van der Waals surface area contributed by atoms with Crippen LogP contribution in [0.5, 0.6) is 0 Å². The highest BCUT2D eigenvalue weighted by atomic mass is 16.2. The van der Waals surface area contributed by atoms with E-state index in [1.54, 1.807) is 0 Å². The molecule has 112 valence electrons. The molecule has 22 heavy (non-hydrogen) atoms. The number of carbonyl (C=O) groups is 1. The fourth-order valence-corrected chi connectivity index (χ4v) is 3.11. The van der Waals surface area contributed by atoms with Crippen molar-refractivity contribution in [3.05, 3.63) is 59.7 Å². The topological polar surface area (TPSA) is 47.6 Å². The Balaban J connectivity index is 1.69. The maximum Gasteiger partial charge on any atom is 0.331 e. The molecule has 2 aromatic carbocycles. The number of nitrogens with one attached hydrogen (secondary N) is 2. The average molecular weight is 294 g/mol. The second-order valence-electron chi connectivity index (χ2n) is 5.57. The Morgan fingerprint density at radius 1 is 0.773 bits per heavy atom. The molecule has 2 aromatic rings. The first-order valence-electron chi connectivity index (χ1n) is 7.51. The van der Waals surface area contributed by atoms with Gasteiger partial charge in [-0.05, 0) is 23.3 Å². The molecule has 5 nitrogen and oxygen atoms in total. The van der Waals surface area contributed by atoms with Gasteiger partial charge in [0.25, 0.3) is 0 Å². The zero-order valence-electron chi connectivity index (χ0n) is 12.2. The van der Waals surface area contributed by atoms with Gasteiger partial charge in [-0.25, -0.2) is 4.79 Å². The average Bonchev–Trinajstić information content (AvgIpc) is 2.60. The van der Waals surface area contributed by atoms with Crippen LogP contribution in [-0.4, -0.2) is 19.4 Å². The SMILES string of the molecule is O=C(N1CNCc2ccccc21)N1CNCc2ccccc21. The number of anilines is 2. The predicted molar refractivity (Wildman–Crippen MR) is 86.7 cm³/mol. The molecular formula is C17H18N4O. The molecule has 0 radical (unpaired) electrons. The van der Waals surface area contributed by atoms with Crippen molar-refractivity contribution in [3.8, 4) is 0 Å². The van der Waals surface area contributed by atoms with Gasteiger partial charge in [0.15, 0.2) is 0 Å². The summed E-state index contributed by atoms with van der Waals surface area (Å²) in [6.07, 6.45) is 0. The van der Waals surface area contributed by atoms with Crippen LogP contribution in [0.1, 0.15) is 11.1 Å². The van der Waals surface area contributed by atoms with Crippen molar-refractivity contribution >= 4 is 17.4 Å². The molecule has 2 aliphatic heterocycles. The summed E-state index contributed by atoms with van der Waals surface area (Å²) in [5.41, 5.74) is 4.30. The molecule has 2 aliphatic rings. The number of urea groups is 1. The first-order valence-corrected chi connectivity index (χ1v) is 7.51. The van der Waals surface area contributed by atoms with Gasteiger partial charge in [0.2, 0.25) is 0 Å². The lowest BCUT2D eigenvalue weighted by molar-refractivity contribution is 0.249. The molecule has 0 saturated heterocycles. The normalized spacial score (nSPS) is 16.9. The number of hydrogen-bond acceptors (Lipinski definition) is 3. The third-order valence-corrected chi connectivity index (χ3v) is 4.20. The van der Waals surface area contributed by atoms with Crippen molar-refractivity contribution in [2.45, 2.75) is 13.1 Å². The van der Waals surface area contributed by atoms with Gasteiger partial charge >= 0.3 is 6.03 Å². The summed E-state index contributed by atoms with van der Waals surface area (Å²) in [5.74, 6) is 0. The van der Waals surface area contributed by atoms with E-state index in [9.17, 15) is 4.79 Å². The van der Waals surface area contributed by atoms with Crippen LogP contribution in [0.2, 0.25) is 0 Å². The molecule has 0 atom stereocenters. The molecule has 5 heteroatoms. The summed E-state index contributed by atoms with van der Waals surface area (Å²) >= 11 is 0. The number of fused-ring (bicyclic) bond motifs is 2. The van der Waals surface area contributed by atoms with Crippen molar-refractivity contribution in [2.24, 2.45) is 0 Å². The summed E-state index contributed by atoms with van der Waals surface area (Å²) in [6.45, 7) is 2.67. The summed E-state index contributed by atoms with van der Waals surface area (Å²) in [5, 5.41) is 6.59. The molecule has 4 rings (SSSR count). The lowest BCUT2D eigenvalue weighted by atomic mass is 10.1. The Morgan fingerprint density at radius 2 is 1.23 bits per heavy atom. The first-order chi connectivity index (χ1) is 10.8. The minimum atomic E-state index is -0.000648. The highest BCUT2D eigenvalue weighted by Crippen LogP contribution is 2.28. The highest BCUT2D eigenvalue weighted by Gasteiger charge is 2.29. The number of nitrogens with zero attached hydrogens (tertiary/aromatic N) is 2. The minimum absolute atomic E-state index is 0.000648. The third kappa shape index (κ3) is 2.15. The Morgan fingerprint density at radius 3 is 1.73 bits per heavy atom. The number of para-hydroxylation sites is 2. The van der Waals surface area contributed by atoms with Crippen LogP contribution in [0.25, 0.3) is 0 Å². The van der Waals surface area contributed by atoms with Crippen LogP contribution >= 0.6 is 0 Å². The van der Waals surface area contributed by atoms with E-state index in [1.807, 2.05) is 46.2 Å². The monoisotopic (exact) mass is 294 g/mol. The van der Waals surface area contributed by atoms with E-state index in [0.717, 1.165) is 35.6 Å². The molecule has 0 fully saturated rings. The van der Waals surface area contributed by atoms with Crippen molar-refractivity contribution in [1.29, 1.82) is 0 Å². The largest absolute Gasteiger partial charge is 0.331 e. The number of carbonyl (C=O) groups excluding carboxylic acids is 1. The number of amides is 2. The van der Waals surface area contributed by atoms with Gasteiger partial charge in [-0.15, -0.1) is 0 Å². The zero-order valence-corrected chi connectivity index (χ0v) is 12.2. The quantitative estimate of drug-likeness (QED) is 0.783. The molecule has 0 saturated carbocycles. The van der Waals surface area contributed by atoms with E-state index in [2.05, 4.69) is 22.8 Å². The van der Waals surface area contributed by atoms with E-state index in [-0.39, 0.29) is 6.03 Å². The first kappa shape index (κ1) is 13.3. The number of rotatable bonds is 0. The number of hydrogen-bond donors (Lipinski definition) is 2. The van der Waals surface area contributed by atoms with Crippen LogP contribution in [-0.2, 0) is 13.1 Å². The molecule has 0 bridgehead atoms. The molecular weight excluding hydrogens is 276 g/mol. The van der Waals surface area contributed by atoms with Gasteiger partial charge in [0, 0.05) is 13.1 Å². The molecule has 0 aliphatic carbocycles. The van der Waals surface area contributed by atoms with Crippen LogP contribution in [0.3, 0.4) is 0 Å². The highest BCUT2D eigenvalue weighted by molar-refractivity contribution is 6.04. The predicted octanol–water partition coefficient (Wildman–Crippen LogP) is 2.24. The Kier molecular flexibility index (Phi) is 3.29. The second-order valence-corrected chi connectivity index (χ2v) is 5.57. The summed E-state index contributed by atoms with van der Waals surface area (Å²) in [6, 6.07) is 16.1. The molecule has 2 N–H and O–H groups in total. The van der Waals surface area contributed by atoms with Gasteiger partial charge in [0.05, 0.1) is 24.7 Å². The summed E-state index contributed by atoms with van der Waals surface area (Å²) in [4.78, 5) is 16.7. The molecule has 0 unspecified atom stereocenters. The van der Waals surface area contributed by atoms with Gasteiger partial charge in [-0.3, -0.25) is 20.4 Å². The van der Waals surface area contributed by atoms with Gasteiger partial charge in [-0.2, -0.15) is 0 Å². The summed E-state index contributed by atoms with van der Waals surface area (Å²) < 4.78 is 0. The van der Waals surface area contributed by atoms with E-state index in [1.165, 1.54) is 0 Å². The lowest BCUT2D eigenvalue weighted by Gasteiger charge is -2.37. The van der Waals surface area contributed by atoms with Gasteiger partial charge in [-0.1, -0.05) is 36.4 Å². The van der Waals surface area contributed by atoms with E-state index >= 15 is 0 Å². The minimum Gasteiger partial charge on any atom is -0.295 e. The lowest BCUT2D eigenvalue weighted by Crippen LogP contribution is -2.53. The Labute approximate surface area is 129 Å². The van der Waals surface area contributed by atoms with E-state index < -0.39 is 0 Å². The Bertz CT molecular complexity index is 656. The molecule has 2 heterocycles. The molecule has 0 aromatic heterocycles. The second kappa shape index (κ2) is 5.44. The van der Waals surface area contributed by atoms with Crippen LogP contribution < -0.4 is 20.4 Å². The van der Waals surface area contributed by atoms with Crippen LogP contribution in [0.4, 0.5) is 16.2 Å². The number of benzene rings is 2. The maximum absolute atomic E-state index is 13.1. The van der Waals surface area contributed by atoms with Crippen molar-refractivity contribution in [3.63, 3.8) is 0 Å². The third-order valence-electron chi connectivity index (χ3n) is 4.20. The van der Waals surface area contributed by atoms with E-state index in [4.69, 9.17) is 0 Å².